The molecule has 0 radical (unpaired) electrons. The second-order valence-corrected chi connectivity index (χ2v) is 9.28. The van der Waals surface area contributed by atoms with Crippen LogP contribution in [0.1, 0.15) is 18.2 Å². The number of nitrogens with zero attached hydrogens (tertiary/aromatic N) is 1. The number of carbonyl (C=O) groups excluding carboxylic acids is 2. The average Bonchev–Trinajstić information content (AvgIpc) is 3.25. The van der Waals surface area contributed by atoms with Crippen molar-refractivity contribution >= 4 is 57.1 Å². The highest BCUT2D eigenvalue weighted by Crippen LogP contribution is 2.26. The van der Waals surface area contributed by atoms with E-state index < -0.39 is 0 Å². The van der Waals surface area contributed by atoms with Crippen LogP contribution in [0.15, 0.2) is 76.4 Å². The molecule has 1 aromatic heterocycles. The topological polar surface area (TPSA) is 71.1 Å². The second-order valence-electron chi connectivity index (χ2n) is 7.20. The van der Waals surface area contributed by atoms with Crippen LogP contribution < -0.4 is 10.6 Å². The summed E-state index contributed by atoms with van der Waals surface area (Å²) in [5.74, 6) is 0.0742. The van der Waals surface area contributed by atoms with Crippen molar-refractivity contribution in [3.63, 3.8) is 0 Å². The second kappa shape index (κ2) is 10.4. The molecule has 1 heterocycles. The molecule has 7 heteroatoms. The zero-order valence-electron chi connectivity index (χ0n) is 17.6. The molecule has 0 saturated carbocycles. The SMILES string of the molecule is CCc1ccccc1NC(=O)Cc1csc(SCC(=O)Nc2cccc3ccccc23)n1. The van der Waals surface area contributed by atoms with Gasteiger partial charge in [0.2, 0.25) is 11.8 Å². The molecule has 4 rings (SSSR count). The highest BCUT2D eigenvalue weighted by Gasteiger charge is 2.12. The van der Waals surface area contributed by atoms with Crippen molar-refractivity contribution < 1.29 is 9.59 Å². The number of aromatic nitrogens is 1. The van der Waals surface area contributed by atoms with Crippen LogP contribution in [0.5, 0.6) is 0 Å². The normalized spacial score (nSPS) is 10.8. The van der Waals surface area contributed by atoms with Crippen LogP contribution in [-0.2, 0) is 22.4 Å². The molecule has 0 fully saturated rings. The Morgan fingerprint density at radius 3 is 2.50 bits per heavy atom. The van der Waals surface area contributed by atoms with Gasteiger partial charge in [-0.05, 0) is 29.5 Å². The number of fused-ring (bicyclic) bond motifs is 1. The molecule has 3 aromatic carbocycles. The van der Waals surface area contributed by atoms with Crippen molar-refractivity contribution in [3.05, 3.63) is 83.4 Å². The molecule has 5 nitrogen and oxygen atoms in total. The summed E-state index contributed by atoms with van der Waals surface area (Å²) in [5.41, 5.74) is 3.46. The van der Waals surface area contributed by atoms with E-state index in [1.807, 2.05) is 72.1 Å². The molecule has 0 atom stereocenters. The molecule has 0 aliphatic rings. The monoisotopic (exact) mass is 461 g/mol. The fraction of sp³-hybridized carbons (Fsp3) is 0.160. The van der Waals surface area contributed by atoms with Crippen LogP contribution >= 0.6 is 23.1 Å². The maximum absolute atomic E-state index is 12.5. The molecule has 0 bridgehead atoms. The van der Waals surface area contributed by atoms with Gasteiger partial charge < -0.3 is 10.6 Å². The van der Waals surface area contributed by atoms with Gasteiger partial charge in [0.1, 0.15) is 0 Å². The first-order valence-electron chi connectivity index (χ1n) is 10.3. The number of para-hydroxylation sites is 1. The van der Waals surface area contributed by atoms with Crippen molar-refractivity contribution in [2.45, 2.75) is 24.1 Å². The molecular weight excluding hydrogens is 438 g/mol. The van der Waals surface area contributed by atoms with Gasteiger partial charge in [-0.3, -0.25) is 9.59 Å². The first kappa shape index (κ1) is 22.0. The quantitative estimate of drug-likeness (QED) is 0.327. The highest BCUT2D eigenvalue weighted by atomic mass is 32.2. The van der Waals surface area contributed by atoms with Gasteiger partial charge in [0.15, 0.2) is 4.34 Å². The van der Waals surface area contributed by atoms with E-state index in [1.165, 1.54) is 23.1 Å². The Balaban J connectivity index is 1.30. The summed E-state index contributed by atoms with van der Waals surface area (Å²) < 4.78 is 0.773. The third-order valence-corrected chi connectivity index (χ3v) is 7.01. The fourth-order valence-electron chi connectivity index (χ4n) is 3.39. The Hall–Kier alpha value is -3.16. The van der Waals surface area contributed by atoms with Gasteiger partial charge in [0, 0.05) is 22.1 Å². The summed E-state index contributed by atoms with van der Waals surface area (Å²) in [6, 6.07) is 21.6. The van der Waals surface area contributed by atoms with Gasteiger partial charge in [-0.1, -0.05) is 73.3 Å². The number of aryl methyl sites for hydroxylation is 1. The summed E-state index contributed by atoms with van der Waals surface area (Å²) >= 11 is 2.82. The fourth-order valence-corrected chi connectivity index (χ4v) is 5.04. The maximum atomic E-state index is 12.5. The van der Waals surface area contributed by atoms with Gasteiger partial charge in [-0.25, -0.2) is 4.98 Å². The first-order chi connectivity index (χ1) is 15.6. The highest BCUT2D eigenvalue weighted by molar-refractivity contribution is 8.01. The Morgan fingerprint density at radius 1 is 0.906 bits per heavy atom. The molecular formula is C25H23N3O2S2. The van der Waals surface area contributed by atoms with Gasteiger partial charge >= 0.3 is 0 Å². The number of amides is 2. The average molecular weight is 462 g/mol. The summed E-state index contributed by atoms with van der Waals surface area (Å²) in [6.07, 6.45) is 1.06. The lowest BCUT2D eigenvalue weighted by atomic mass is 10.1. The minimum atomic E-state index is -0.0959. The third-order valence-electron chi connectivity index (χ3n) is 4.94. The number of hydrogen-bond donors (Lipinski definition) is 2. The Morgan fingerprint density at radius 2 is 1.62 bits per heavy atom. The predicted octanol–water partition coefficient (Wildman–Crippen LogP) is 5.77. The summed E-state index contributed by atoms with van der Waals surface area (Å²) in [4.78, 5) is 29.4. The van der Waals surface area contributed by atoms with Gasteiger partial charge in [0.05, 0.1) is 17.9 Å². The van der Waals surface area contributed by atoms with Crippen LogP contribution in [0.3, 0.4) is 0 Å². The molecule has 2 amide bonds. The van der Waals surface area contributed by atoms with Gasteiger partial charge in [-0.2, -0.15) is 0 Å². The van der Waals surface area contributed by atoms with E-state index in [0.29, 0.717) is 5.69 Å². The van der Waals surface area contributed by atoms with Crippen molar-refractivity contribution in [1.29, 1.82) is 0 Å². The Bertz CT molecular complexity index is 1250. The van der Waals surface area contributed by atoms with Crippen LogP contribution in [0.25, 0.3) is 10.8 Å². The van der Waals surface area contributed by atoms with E-state index in [0.717, 1.165) is 38.5 Å². The zero-order chi connectivity index (χ0) is 22.3. The molecule has 0 aliphatic carbocycles. The number of hydrogen-bond acceptors (Lipinski definition) is 5. The number of anilines is 2. The molecule has 32 heavy (non-hydrogen) atoms. The summed E-state index contributed by atoms with van der Waals surface area (Å²) in [5, 5.41) is 9.92. The van der Waals surface area contributed by atoms with Gasteiger partial charge in [-0.15, -0.1) is 11.3 Å². The minimum absolute atomic E-state index is 0.0861. The molecule has 0 saturated heterocycles. The number of rotatable bonds is 8. The van der Waals surface area contributed by atoms with Crippen LogP contribution in [0, 0.1) is 0 Å². The number of benzene rings is 3. The number of nitrogens with one attached hydrogen (secondary N) is 2. The molecule has 0 spiro atoms. The summed E-state index contributed by atoms with van der Waals surface area (Å²) in [7, 11) is 0. The van der Waals surface area contributed by atoms with E-state index in [1.54, 1.807) is 0 Å². The number of thiazole rings is 1. The number of thioether (sulfide) groups is 1. The van der Waals surface area contributed by atoms with E-state index >= 15 is 0 Å². The van der Waals surface area contributed by atoms with Crippen molar-refractivity contribution in [3.8, 4) is 0 Å². The van der Waals surface area contributed by atoms with E-state index in [4.69, 9.17) is 0 Å². The van der Waals surface area contributed by atoms with E-state index in [-0.39, 0.29) is 24.0 Å². The molecule has 0 aliphatic heterocycles. The lowest BCUT2D eigenvalue weighted by molar-refractivity contribution is -0.116. The maximum Gasteiger partial charge on any atom is 0.234 e. The smallest absolute Gasteiger partial charge is 0.234 e. The predicted molar refractivity (Wildman–Crippen MR) is 134 cm³/mol. The van der Waals surface area contributed by atoms with Crippen LogP contribution in [-0.4, -0.2) is 22.6 Å². The van der Waals surface area contributed by atoms with E-state index in [2.05, 4.69) is 22.5 Å². The first-order valence-corrected chi connectivity index (χ1v) is 12.2. The van der Waals surface area contributed by atoms with Crippen LogP contribution in [0.4, 0.5) is 11.4 Å². The lowest BCUT2D eigenvalue weighted by Crippen LogP contribution is -2.15. The van der Waals surface area contributed by atoms with Gasteiger partial charge in [0.25, 0.3) is 0 Å². The van der Waals surface area contributed by atoms with Crippen molar-refractivity contribution in [1.82, 2.24) is 4.98 Å². The zero-order valence-corrected chi connectivity index (χ0v) is 19.3. The minimum Gasteiger partial charge on any atom is -0.325 e. The van der Waals surface area contributed by atoms with E-state index in [9.17, 15) is 9.59 Å². The molecule has 162 valence electrons. The van der Waals surface area contributed by atoms with Crippen LogP contribution in [0.2, 0.25) is 0 Å². The Labute approximate surface area is 195 Å². The molecule has 4 aromatic rings. The standard InChI is InChI=1S/C25H23N3O2S2/c1-2-17-8-4-6-12-21(17)27-23(29)14-19-15-31-25(26-19)32-16-24(30)28-22-13-7-10-18-9-3-5-11-20(18)22/h3-13,15H,2,14,16H2,1H3,(H,27,29)(H,28,30). The third kappa shape index (κ3) is 5.55. The number of carbonyl (C=O) groups is 2. The largest absolute Gasteiger partial charge is 0.325 e. The van der Waals surface area contributed by atoms with Crippen molar-refractivity contribution in [2.24, 2.45) is 0 Å². The molecule has 2 N–H and O–H groups in total. The molecule has 0 unspecified atom stereocenters. The van der Waals surface area contributed by atoms with Crippen molar-refractivity contribution in [2.75, 3.05) is 16.4 Å². The lowest BCUT2D eigenvalue weighted by Gasteiger charge is -2.08. The summed E-state index contributed by atoms with van der Waals surface area (Å²) in [6.45, 7) is 2.06. The Kier molecular flexibility index (Phi) is 7.19.